The second kappa shape index (κ2) is 4.26. The van der Waals surface area contributed by atoms with Crippen LogP contribution in [0.5, 0.6) is 0 Å². The highest BCUT2D eigenvalue weighted by Gasteiger charge is 2.56. The zero-order valence-corrected chi connectivity index (χ0v) is 11.9. The fourth-order valence-electron chi connectivity index (χ4n) is 5.32. The Morgan fingerprint density at radius 3 is 2.62 bits per heavy atom. The molecule has 4 saturated carbocycles. The number of hydrogen-bond acceptors (Lipinski definition) is 3. The van der Waals surface area contributed by atoms with Gasteiger partial charge in [-0.3, -0.25) is 4.79 Å². The quantitative estimate of drug-likeness (QED) is 0.818. The van der Waals surface area contributed by atoms with Crippen LogP contribution >= 0.6 is 0 Å². The van der Waals surface area contributed by atoms with Gasteiger partial charge in [-0.05, 0) is 62.5 Å². The number of pyridine rings is 1. The summed E-state index contributed by atoms with van der Waals surface area (Å²) < 4.78 is 13.2. The number of carbonyl (C=O) groups is 1. The molecule has 0 spiro atoms. The van der Waals surface area contributed by atoms with Crippen molar-refractivity contribution in [1.29, 1.82) is 0 Å². The predicted octanol–water partition coefficient (Wildman–Crippen LogP) is 2.00. The average Bonchev–Trinajstić information content (AvgIpc) is 2.34. The van der Waals surface area contributed by atoms with Crippen molar-refractivity contribution in [3.8, 4) is 0 Å². The van der Waals surface area contributed by atoms with Gasteiger partial charge in [0.25, 0.3) is 5.91 Å². The highest BCUT2D eigenvalue weighted by molar-refractivity contribution is 5.92. The van der Waals surface area contributed by atoms with E-state index in [1.807, 2.05) is 0 Å². The number of aromatic nitrogens is 1. The first-order valence-electron chi connectivity index (χ1n) is 7.69. The molecule has 1 heterocycles. The third-order valence-corrected chi connectivity index (χ3v) is 5.43. The first-order chi connectivity index (χ1) is 9.95. The van der Waals surface area contributed by atoms with Crippen LogP contribution in [0.4, 0.5) is 4.39 Å². The van der Waals surface area contributed by atoms with Crippen molar-refractivity contribution in [3.05, 3.63) is 29.8 Å². The minimum absolute atomic E-state index is 0.118. The molecule has 21 heavy (non-hydrogen) atoms. The molecule has 2 unspecified atom stereocenters. The number of nitrogens with two attached hydrogens (primary N) is 1. The Balaban J connectivity index is 1.58. The molecular formula is C16H20FN3O. The van der Waals surface area contributed by atoms with Crippen molar-refractivity contribution in [2.45, 2.75) is 49.6 Å². The van der Waals surface area contributed by atoms with Gasteiger partial charge in [0.2, 0.25) is 5.95 Å². The summed E-state index contributed by atoms with van der Waals surface area (Å²) in [6.45, 7) is 0. The maximum absolute atomic E-state index is 13.2. The summed E-state index contributed by atoms with van der Waals surface area (Å²) >= 11 is 0. The number of halogens is 1. The number of carbonyl (C=O) groups excluding carboxylic acids is 1. The van der Waals surface area contributed by atoms with Gasteiger partial charge in [0, 0.05) is 11.1 Å². The van der Waals surface area contributed by atoms with E-state index in [0.29, 0.717) is 11.8 Å². The molecule has 4 aliphatic carbocycles. The van der Waals surface area contributed by atoms with Crippen molar-refractivity contribution in [3.63, 3.8) is 0 Å². The second-order valence-corrected chi connectivity index (χ2v) is 7.40. The fraction of sp³-hybridized carbons (Fsp3) is 0.625. The highest BCUT2D eigenvalue weighted by Crippen LogP contribution is 2.56. The lowest BCUT2D eigenvalue weighted by atomic mass is 9.50. The summed E-state index contributed by atoms with van der Waals surface area (Å²) in [5, 5.41) is 3.15. The summed E-state index contributed by atoms with van der Waals surface area (Å²) in [6.07, 6.45) is 6.26. The lowest BCUT2D eigenvalue weighted by Crippen LogP contribution is -2.68. The number of nitrogens with one attached hydrogen (secondary N) is 1. The fourth-order valence-corrected chi connectivity index (χ4v) is 5.32. The summed E-state index contributed by atoms with van der Waals surface area (Å²) in [5.74, 6) is 0.345. The maximum Gasteiger partial charge on any atom is 0.270 e. The molecule has 1 aromatic rings. The number of rotatable bonds is 2. The molecular weight excluding hydrogens is 269 g/mol. The normalized spacial score (nSPS) is 40.3. The second-order valence-electron chi connectivity index (χ2n) is 7.40. The van der Waals surface area contributed by atoms with Crippen molar-refractivity contribution in [1.82, 2.24) is 10.3 Å². The van der Waals surface area contributed by atoms with Crippen LogP contribution in [-0.2, 0) is 0 Å². The average molecular weight is 289 g/mol. The standard InChI is InChI=1S/C16H20FN3O/c17-13-3-1-2-12(19-13)14(21)20-16-7-10-4-11(8-16)6-15(18,5-10)9-16/h1-3,10-11H,4-9,18H2,(H,20,21). The van der Waals surface area contributed by atoms with Gasteiger partial charge < -0.3 is 11.1 Å². The van der Waals surface area contributed by atoms with E-state index in [9.17, 15) is 9.18 Å². The zero-order valence-electron chi connectivity index (χ0n) is 11.9. The lowest BCUT2D eigenvalue weighted by molar-refractivity contribution is -0.0321. The SMILES string of the molecule is NC12CC3CC(C1)CC(NC(=O)c1cccc(F)n1)(C3)C2. The van der Waals surface area contributed by atoms with Gasteiger partial charge >= 0.3 is 0 Å². The van der Waals surface area contributed by atoms with Gasteiger partial charge in [-0.2, -0.15) is 4.39 Å². The van der Waals surface area contributed by atoms with E-state index in [1.165, 1.54) is 18.6 Å². The summed E-state index contributed by atoms with van der Waals surface area (Å²) in [6, 6.07) is 4.31. The molecule has 4 aliphatic rings. The minimum atomic E-state index is -0.622. The topological polar surface area (TPSA) is 68.0 Å². The van der Waals surface area contributed by atoms with Crippen molar-refractivity contribution in [2.24, 2.45) is 17.6 Å². The highest BCUT2D eigenvalue weighted by atomic mass is 19.1. The molecule has 0 aromatic carbocycles. The molecule has 2 atom stereocenters. The van der Waals surface area contributed by atoms with E-state index in [1.54, 1.807) is 6.07 Å². The maximum atomic E-state index is 13.2. The zero-order chi connectivity index (χ0) is 14.7. The van der Waals surface area contributed by atoms with Crippen LogP contribution in [0.15, 0.2) is 18.2 Å². The predicted molar refractivity (Wildman–Crippen MR) is 76.0 cm³/mol. The van der Waals surface area contributed by atoms with Crippen molar-refractivity contribution in [2.75, 3.05) is 0 Å². The summed E-state index contributed by atoms with van der Waals surface area (Å²) in [7, 11) is 0. The molecule has 112 valence electrons. The molecule has 4 nitrogen and oxygen atoms in total. The van der Waals surface area contributed by atoms with E-state index in [-0.39, 0.29) is 22.7 Å². The Hall–Kier alpha value is -1.49. The van der Waals surface area contributed by atoms with Crippen molar-refractivity contribution < 1.29 is 9.18 Å². The summed E-state index contributed by atoms with van der Waals surface area (Å²) in [5.41, 5.74) is 6.34. The molecule has 0 aliphatic heterocycles. The van der Waals surface area contributed by atoms with E-state index in [0.717, 1.165) is 32.1 Å². The molecule has 5 rings (SSSR count). The van der Waals surface area contributed by atoms with Gasteiger partial charge in [0.05, 0.1) is 0 Å². The Morgan fingerprint density at radius 2 is 2.00 bits per heavy atom. The van der Waals surface area contributed by atoms with E-state index in [4.69, 9.17) is 5.73 Å². The Bertz CT molecular complexity index is 589. The molecule has 5 heteroatoms. The smallest absolute Gasteiger partial charge is 0.270 e. The molecule has 1 aromatic heterocycles. The Kier molecular flexibility index (Phi) is 2.67. The first-order valence-corrected chi connectivity index (χ1v) is 7.69. The molecule has 3 N–H and O–H groups in total. The molecule has 0 radical (unpaired) electrons. The van der Waals surface area contributed by atoms with E-state index in [2.05, 4.69) is 10.3 Å². The van der Waals surface area contributed by atoms with Gasteiger partial charge in [-0.15, -0.1) is 0 Å². The monoisotopic (exact) mass is 289 g/mol. The molecule has 4 fully saturated rings. The molecule has 1 amide bonds. The van der Waals surface area contributed by atoms with Crippen LogP contribution in [0, 0.1) is 17.8 Å². The third-order valence-electron chi connectivity index (χ3n) is 5.43. The van der Waals surface area contributed by atoms with Crippen molar-refractivity contribution >= 4 is 5.91 Å². The van der Waals surface area contributed by atoms with Gasteiger partial charge in [0.15, 0.2) is 0 Å². The van der Waals surface area contributed by atoms with Gasteiger partial charge in [0.1, 0.15) is 5.69 Å². The lowest BCUT2D eigenvalue weighted by Gasteiger charge is -2.61. The Labute approximate surface area is 123 Å². The van der Waals surface area contributed by atoms with Crippen LogP contribution in [0.25, 0.3) is 0 Å². The van der Waals surface area contributed by atoms with Crippen LogP contribution in [0.3, 0.4) is 0 Å². The Morgan fingerprint density at radius 1 is 1.29 bits per heavy atom. The van der Waals surface area contributed by atoms with Crippen LogP contribution < -0.4 is 11.1 Å². The minimum Gasteiger partial charge on any atom is -0.345 e. The van der Waals surface area contributed by atoms with Crippen LogP contribution in [0.1, 0.15) is 49.0 Å². The van der Waals surface area contributed by atoms with Gasteiger partial charge in [-0.1, -0.05) is 6.07 Å². The van der Waals surface area contributed by atoms with E-state index < -0.39 is 5.95 Å². The first kappa shape index (κ1) is 13.2. The number of hydrogen-bond donors (Lipinski definition) is 2. The number of amides is 1. The summed E-state index contributed by atoms with van der Waals surface area (Å²) in [4.78, 5) is 16.1. The number of nitrogens with zero attached hydrogens (tertiary/aromatic N) is 1. The van der Waals surface area contributed by atoms with Gasteiger partial charge in [-0.25, -0.2) is 4.98 Å². The largest absolute Gasteiger partial charge is 0.345 e. The third kappa shape index (κ3) is 2.24. The van der Waals surface area contributed by atoms with Crippen LogP contribution in [0.2, 0.25) is 0 Å². The van der Waals surface area contributed by atoms with Crippen LogP contribution in [-0.4, -0.2) is 22.0 Å². The molecule has 0 saturated heterocycles. The van der Waals surface area contributed by atoms with E-state index >= 15 is 0 Å². The molecule has 4 bridgehead atoms.